The Bertz CT molecular complexity index is 793. The molecule has 0 bridgehead atoms. The van der Waals surface area contributed by atoms with E-state index in [2.05, 4.69) is 5.32 Å². The van der Waals surface area contributed by atoms with Gasteiger partial charge in [0.1, 0.15) is 12.4 Å². The highest BCUT2D eigenvalue weighted by molar-refractivity contribution is 5.81. The first kappa shape index (κ1) is 17.9. The Morgan fingerprint density at radius 1 is 1.20 bits per heavy atom. The average Bonchev–Trinajstić information content (AvgIpc) is 2.58. The Morgan fingerprint density at radius 3 is 2.40 bits per heavy atom. The quantitative estimate of drug-likeness (QED) is 0.612. The number of halogens is 1. The van der Waals surface area contributed by atoms with E-state index < -0.39 is 28.8 Å². The molecule has 1 unspecified atom stereocenters. The molecule has 1 atom stereocenters. The van der Waals surface area contributed by atoms with Crippen molar-refractivity contribution in [2.75, 3.05) is 0 Å². The lowest BCUT2D eigenvalue weighted by Crippen LogP contribution is -2.34. The largest absolute Gasteiger partial charge is 0.479 e. The normalized spacial score (nSPS) is 11.4. The van der Waals surface area contributed by atoms with Gasteiger partial charge in [0.2, 0.25) is 0 Å². The minimum Gasteiger partial charge on any atom is -0.479 e. The SMILES string of the molecule is O=C(NC(C(=O)O)c1ccccc1F)OCc1ccc([N+](=O)[O-])cc1. The summed E-state index contributed by atoms with van der Waals surface area (Å²) in [6, 6.07) is 8.84. The average molecular weight is 348 g/mol. The summed E-state index contributed by atoms with van der Waals surface area (Å²) in [5, 5.41) is 21.8. The van der Waals surface area contributed by atoms with Gasteiger partial charge in [0, 0.05) is 17.7 Å². The number of hydrogen-bond donors (Lipinski definition) is 2. The number of amides is 1. The summed E-state index contributed by atoms with van der Waals surface area (Å²) < 4.78 is 18.6. The molecule has 2 N–H and O–H groups in total. The van der Waals surface area contributed by atoms with Gasteiger partial charge in [-0.15, -0.1) is 0 Å². The van der Waals surface area contributed by atoms with Gasteiger partial charge in [0.15, 0.2) is 6.04 Å². The van der Waals surface area contributed by atoms with Crippen molar-refractivity contribution in [1.29, 1.82) is 0 Å². The predicted molar refractivity (Wildman–Crippen MR) is 83.2 cm³/mol. The molecule has 2 aromatic carbocycles. The van der Waals surface area contributed by atoms with Crippen molar-refractivity contribution in [2.45, 2.75) is 12.6 Å². The lowest BCUT2D eigenvalue weighted by Gasteiger charge is -2.15. The third-order valence-electron chi connectivity index (χ3n) is 3.24. The van der Waals surface area contributed by atoms with Gasteiger partial charge >= 0.3 is 12.1 Å². The molecule has 0 spiro atoms. The van der Waals surface area contributed by atoms with Crippen LogP contribution in [0.3, 0.4) is 0 Å². The molecule has 2 aromatic rings. The predicted octanol–water partition coefficient (Wildman–Crippen LogP) is 2.79. The fourth-order valence-electron chi connectivity index (χ4n) is 2.00. The zero-order chi connectivity index (χ0) is 18.4. The van der Waals surface area contributed by atoms with Crippen LogP contribution < -0.4 is 5.32 Å². The number of carboxylic acids is 1. The number of nitrogens with one attached hydrogen (secondary N) is 1. The van der Waals surface area contributed by atoms with Gasteiger partial charge < -0.3 is 15.2 Å². The monoisotopic (exact) mass is 348 g/mol. The molecule has 2 rings (SSSR count). The van der Waals surface area contributed by atoms with Gasteiger partial charge in [-0.2, -0.15) is 0 Å². The van der Waals surface area contributed by atoms with Crippen LogP contribution in [-0.2, 0) is 16.1 Å². The highest BCUT2D eigenvalue weighted by atomic mass is 19.1. The summed E-state index contributed by atoms with van der Waals surface area (Å²) in [6.07, 6.45) is -1.06. The summed E-state index contributed by atoms with van der Waals surface area (Å²) >= 11 is 0. The fraction of sp³-hybridized carbons (Fsp3) is 0.125. The van der Waals surface area contributed by atoms with E-state index in [4.69, 9.17) is 9.84 Å². The van der Waals surface area contributed by atoms with Crippen molar-refractivity contribution < 1.29 is 28.7 Å². The highest BCUT2D eigenvalue weighted by Gasteiger charge is 2.25. The van der Waals surface area contributed by atoms with Crippen molar-refractivity contribution >= 4 is 17.7 Å². The molecule has 9 heteroatoms. The van der Waals surface area contributed by atoms with E-state index in [9.17, 15) is 24.1 Å². The van der Waals surface area contributed by atoms with Crippen molar-refractivity contribution in [3.05, 3.63) is 75.6 Å². The minimum atomic E-state index is -1.61. The van der Waals surface area contributed by atoms with E-state index in [0.29, 0.717) is 5.56 Å². The second-order valence-corrected chi connectivity index (χ2v) is 4.94. The maximum atomic E-state index is 13.7. The molecule has 130 valence electrons. The summed E-state index contributed by atoms with van der Waals surface area (Å²) in [5.74, 6) is -2.22. The number of aliphatic carboxylic acids is 1. The minimum absolute atomic E-state index is 0.112. The second-order valence-electron chi connectivity index (χ2n) is 4.94. The summed E-state index contributed by atoms with van der Waals surface area (Å²) in [5.41, 5.74) is 0.152. The molecule has 0 fully saturated rings. The van der Waals surface area contributed by atoms with Crippen LogP contribution in [0.4, 0.5) is 14.9 Å². The molecule has 8 nitrogen and oxygen atoms in total. The van der Waals surface area contributed by atoms with Crippen LogP contribution in [0.25, 0.3) is 0 Å². The van der Waals surface area contributed by atoms with Gasteiger partial charge in [0.25, 0.3) is 5.69 Å². The van der Waals surface area contributed by atoms with Gasteiger partial charge in [0.05, 0.1) is 4.92 Å². The molecule has 0 aromatic heterocycles. The van der Waals surface area contributed by atoms with Crippen molar-refractivity contribution in [1.82, 2.24) is 5.32 Å². The van der Waals surface area contributed by atoms with Crippen molar-refractivity contribution in [3.63, 3.8) is 0 Å². The van der Waals surface area contributed by atoms with E-state index in [1.54, 1.807) is 0 Å². The van der Waals surface area contributed by atoms with E-state index in [1.807, 2.05) is 0 Å². The Balaban J connectivity index is 1.99. The first-order valence-electron chi connectivity index (χ1n) is 7.02. The first-order valence-corrected chi connectivity index (χ1v) is 7.02. The van der Waals surface area contributed by atoms with Gasteiger partial charge in [-0.25, -0.2) is 14.0 Å². The van der Waals surface area contributed by atoms with Crippen molar-refractivity contribution in [3.8, 4) is 0 Å². The molecule has 1 amide bonds. The maximum Gasteiger partial charge on any atom is 0.408 e. The molecule has 0 saturated carbocycles. The molecule has 0 aliphatic carbocycles. The van der Waals surface area contributed by atoms with Gasteiger partial charge in [-0.05, 0) is 23.8 Å². The van der Waals surface area contributed by atoms with Crippen LogP contribution in [0, 0.1) is 15.9 Å². The van der Waals surface area contributed by atoms with Crippen LogP contribution in [0.15, 0.2) is 48.5 Å². The van der Waals surface area contributed by atoms with Crippen LogP contribution in [0.5, 0.6) is 0 Å². The number of nitrogens with zero attached hydrogens (tertiary/aromatic N) is 1. The fourth-order valence-corrected chi connectivity index (χ4v) is 2.00. The van der Waals surface area contributed by atoms with Crippen LogP contribution in [0.2, 0.25) is 0 Å². The Hall–Kier alpha value is -3.49. The highest BCUT2D eigenvalue weighted by Crippen LogP contribution is 2.18. The number of alkyl carbamates (subject to hydrolysis) is 1. The molecular formula is C16H13FN2O6. The number of non-ortho nitro benzene ring substituents is 1. The molecule has 0 aliphatic heterocycles. The number of nitro groups is 1. The summed E-state index contributed by atoms with van der Waals surface area (Å²) in [4.78, 5) is 33.0. The van der Waals surface area contributed by atoms with Crippen LogP contribution >= 0.6 is 0 Å². The third kappa shape index (κ3) is 4.74. The first-order chi connectivity index (χ1) is 11.9. The number of carbonyl (C=O) groups excluding carboxylic acids is 1. The molecule has 0 saturated heterocycles. The standard InChI is InChI=1S/C16H13FN2O6/c17-13-4-2-1-3-12(13)14(15(20)21)18-16(22)25-9-10-5-7-11(8-6-10)19(23)24/h1-8,14H,9H2,(H,18,22)(H,20,21). The third-order valence-corrected chi connectivity index (χ3v) is 3.24. The number of carboxylic acid groups (broad SMARTS) is 1. The lowest BCUT2D eigenvalue weighted by atomic mass is 10.1. The lowest BCUT2D eigenvalue weighted by molar-refractivity contribution is -0.384. The maximum absolute atomic E-state index is 13.7. The second kappa shape index (κ2) is 7.86. The molecular weight excluding hydrogens is 335 g/mol. The smallest absolute Gasteiger partial charge is 0.408 e. The topological polar surface area (TPSA) is 119 Å². The Labute approximate surface area is 141 Å². The summed E-state index contributed by atoms with van der Waals surface area (Å²) in [7, 11) is 0. The van der Waals surface area contributed by atoms with E-state index >= 15 is 0 Å². The van der Waals surface area contributed by atoms with Gasteiger partial charge in [-0.3, -0.25) is 10.1 Å². The molecule has 0 radical (unpaired) electrons. The number of ether oxygens (including phenoxy) is 1. The molecule has 0 aliphatic rings. The molecule has 0 heterocycles. The van der Waals surface area contributed by atoms with Crippen LogP contribution in [-0.4, -0.2) is 22.1 Å². The molecule has 25 heavy (non-hydrogen) atoms. The summed E-state index contributed by atoms with van der Waals surface area (Å²) in [6.45, 7) is -0.229. The number of hydrogen-bond acceptors (Lipinski definition) is 5. The van der Waals surface area contributed by atoms with Crippen LogP contribution in [0.1, 0.15) is 17.2 Å². The van der Waals surface area contributed by atoms with E-state index in [1.165, 1.54) is 42.5 Å². The zero-order valence-corrected chi connectivity index (χ0v) is 12.7. The number of carbonyl (C=O) groups is 2. The Morgan fingerprint density at radius 2 is 1.84 bits per heavy atom. The van der Waals surface area contributed by atoms with E-state index in [-0.39, 0.29) is 17.9 Å². The van der Waals surface area contributed by atoms with Crippen molar-refractivity contribution in [2.24, 2.45) is 0 Å². The Kier molecular flexibility index (Phi) is 5.62. The number of benzene rings is 2. The zero-order valence-electron chi connectivity index (χ0n) is 12.7. The number of nitro benzene ring substituents is 1. The van der Waals surface area contributed by atoms with Gasteiger partial charge in [-0.1, -0.05) is 18.2 Å². The number of rotatable bonds is 6. The van der Waals surface area contributed by atoms with E-state index in [0.717, 1.165) is 6.07 Å².